The lowest BCUT2D eigenvalue weighted by Crippen LogP contribution is -2.41. The fourth-order valence-electron chi connectivity index (χ4n) is 2.90. The molecule has 1 aliphatic rings. The van der Waals surface area contributed by atoms with E-state index in [4.69, 9.17) is 14.2 Å². The second kappa shape index (κ2) is 9.04. The average molecular weight is 342 g/mol. The largest absolute Gasteiger partial charge is 0.463 e. The van der Waals surface area contributed by atoms with Crippen molar-refractivity contribution in [1.29, 1.82) is 0 Å². The van der Waals surface area contributed by atoms with E-state index in [0.717, 1.165) is 0 Å². The maximum Gasteiger partial charge on any atom is 0.310 e. The van der Waals surface area contributed by atoms with Gasteiger partial charge in [0.1, 0.15) is 0 Å². The summed E-state index contributed by atoms with van der Waals surface area (Å²) < 4.78 is 15.8. The van der Waals surface area contributed by atoms with E-state index >= 15 is 0 Å². The van der Waals surface area contributed by atoms with Crippen molar-refractivity contribution in [1.82, 2.24) is 0 Å². The Balaban J connectivity index is 2.88. The molecule has 6 nitrogen and oxygen atoms in total. The molecule has 0 saturated heterocycles. The first-order chi connectivity index (χ1) is 11.1. The molecule has 138 valence electrons. The molecule has 1 saturated carbocycles. The molecule has 1 rings (SSSR count). The topological polar surface area (TPSA) is 78.9 Å². The van der Waals surface area contributed by atoms with Crippen molar-refractivity contribution in [2.45, 2.75) is 79.1 Å². The lowest BCUT2D eigenvalue weighted by molar-refractivity contribution is -0.171. The van der Waals surface area contributed by atoms with Crippen LogP contribution in [0.5, 0.6) is 0 Å². The van der Waals surface area contributed by atoms with Gasteiger partial charge in [0.15, 0.2) is 0 Å². The minimum Gasteiger partial charge on any atom is -0.463 e. The molecule has 0 radical (unpaired) electrons. The van der Waals surface area contributed by atoms with Crippen molar-refractivity contribution in [2.24, 2.45) is 17.8 Å². The van der Waals surface area contributed by atoms with Gasteiger partial charge in [0.25, 0.3) is 0 Å². The van der Waals surface area contributed by atoms with E-state index in [1.807, 2.05) is 0 Å². The van der Waals surface area contributed by atoms with E-state index in [2.05, 4.69) is 0 Å². The number of ether oxygens (including phenoxy) is 3. The molecule has 0 aromatic rings. The van der Waals surface area contributed by atoms with E-state index < -0.39 is 23.8 Å². The van der Waals surface area contributed by atoms with Crippen molar-refractivity contribution < 1.29 is 28.6 Å². The fraction of sp³-hybridized carbons (Fsp3) is 0.833. The molecule has 3 atom stereocenters. The van der Waals surface area contributed by atoms with Gasteiger partial charge in [-0.25, -0.2) is 0 Å². The Hall–Kier alpha value is -1.59. The van der Waals surface area contributed by atoms with Crippen LogP contribution < -0.4 is 0 Å². The van der Waals surface area contributed by atoms with Crippen molar-refractivity contribution in [3.8, 4) is 0 Å². The van der Waals surface area contributed by atoms with Crippen LogP contribution in [0.1, 0.15) is 60.8 Å². The van der Waals surface area contributed by atoms with Gasteiger partial charge in [0.2, 0.25) is 0 Å². The number of carbonyl (C=O) groups excluding carboxylic acids is 3. The third-order valence-corrected chi connectivity index (χ3v) is 3.84. The molecule has 1 aliphatic carbocycles. The predicted molar refractivity (Wildman–Crippen MR) is 88.0 cm³/mol. The maximum atomic E-state index is 12.4. The Morgan fingerprint density at radius 2 is 1.08 bits per heavy atom. The summed E-state index contributed by atoms with van der Waals surface area (Å²) in [6.07, 6.45) is 0.456. The summed E-state index contributed by atoms with van der Waals surface area (Å²) in [6, 6.07) is 0. The van der Waals surface area contributed by atoms with Gasteiger partial charge in [0, 0.05) is 0 Å². The molecular formula is C18H30O6. The summed E-state index contributed by atoms with van der Waals surface area (Å²) in [7, 11) is 0. The van der Waals surface area contributed by atoms with Crippen LogP contribution >= 0.6 is 0 Å². The molecule has 0 bridgehead atoms. The van der Waals surface area contributed by atoms with E-state index in [0.29, 0.717) is 12.8 Å². The van der Waals surface area contributed by atoms with Crippen molar-refractivity contribution >= 4 is 17.9 Å². The highest BCUT2D eigenvalue weighted by atomic mass is 16.6. The van der Waals surface area contributed by atoms with Gasteiger partial charge in [-0.1, -0.05) is 0 Å². The zero-order valence-electron chi connectivity index (χ0n) is 15.5. The average Bonchev–Trinajstić information content (AvgIpc) is 2.44. The Morgan fingerprint density at radius 1 is 0.667 bits per heavy atom. The zero-order chi connectivity index (χ0) is 18.4. The van der Waals surface area contributed by atoms with Crippen molar-refractivity contribution in [3.05, 3.63) is 0 Å². The molecule has 6 heteroatoms. The van der Waals surface area contributed by atoms with E-state index in [-0.39, 0.29) is 36.6 Å². The van der Waals surface area contributed by atoms with Gasteiger partial charge in [-0.05, 0) is 60.8 Å². The Labute approximate surface area is 144 Å². The minimum absolute atomic E-state index is 0.206. The van der Waals surface area contributed by atoms with Crippen LogP contribution in [0.2, 0.25) is 0 Å². The first-order valence-corrected chi connectivity index (χ1v) is 8.73. The Kier molecular flexibility index (Phi) is 7.70. The molecule has 0 spiro atoms. The molecule has 3 unspecified atom stereocenters. The van der Waals surface area contributed by atoms with E-state index in [9.17, 15) is 14.4 Å². The smallest absolute Gasteiger partial charge is 0.310 e. The highest BCUT2D eigenvalue weighted by Crippen LogP contribution is 2.37. The molecule has 0 aromatic heterocycles. The highest BCUT2D eigenvalue weighted by Gasteiger charge is 2.44. The summed E-state index contributed by atoms with van der Waals surface area (Å²) in [6.45, 7) is 10.6. The van der Waals surface area contributed by atoms with Crippen molar-refractivity contribution in [2.75, 3.05) is 0 Å². The SMILES string of the molecule is CC(C)OC(=O)C1CCC(C(=O)OC(C)C)C(C(=O)OC(C)C)C1. The lowest BCUT2D eigenvalue weighted by atomic mass is 9.74. The molecule has 0 aliphatic heterocycles. The number of carbonyl (C=O) groups is 3. The monoisotopic (exact) mass is 342 g/mol. The predicted octanol–water partition coefficient (Wildman–Crippen LogP) is 2.87. The van der Waals surface area contributed by atoms with Crippen LogP contribution in [0.15, 0.2) is 0 Å². The molecule has 0 aromatic carbocycles. The molecule has 1 fully saturated rings. The van der Waals surface area contributed by atoms with Crippen LogP contribution in [0.25, 0.3) is 0 Å². The van der Waals surface area contributed by atoms with Gasteiger partial charge in [-0.2, -0.15) is 0 Å². The van der Waals surface area contributed by atoms with E-state index in [1.165, 1.54) is 0 Å². The summed E-state index contributed by atoms with van der Waals surface area (Å²) in [5.74, 6) is -2.79. The second-order valence-corrected chi connectivity index (χ2v) is 7.18. The Morgan fingerprint density at radius 3 is 1.54 bits per heavy atom. The second-order valence-electron chi connectivity index (χ2n) is 7.18. The summed E-state index contributed by atoms with van der Waals surface area (Å²) in [4.78, 5) is 36.9. The normalized spacial score (nSPS) is 24.1. The van der Waals surface area contributed by atoms with Gasteiger partial charge in [-0.15, -0.1) is 0 Å². The number of hydrogen-bond donors (Lipinski definition) is 0. The third-order valence-electron chi connectivity index (χ3n) is 3.84. The molecule has 0 N–H and O–H groups in total. The van der Waals surface area contributed by atoms with Gasteiger partial charge in [0.05, 0.1) is 36.1 Å². The van der Waals surface area contributed by atoms with Crippen LogP contribution in [-0.2, 0) is 28.6 Å². The number of hydrogen-bond acceptors (Lipinski definition) is 6. The molecule has 0 amide bonds. The Bertz CT molecular complexity index is 454. The summed E-state index contributed by atoms with van der Waals surface area (Å²) >= 11 is 0. The summed E-state index contributed by atoms with van der Waals surface area (Å²) in [5, 5.41) is 0. The van der Waals surface area contributed by atoms with Crippen LogP contribution in [0, 0.1) is 17.8 Å². The standard InChI is InChI=1S/C18H30O6/c1-10(2)22-16(19)13-7-8-14(17(20)23-11(3)4)15(9-13)18(21)24-12(5)6/h10-15H,7-9H2,1-6H3. The maximum absolute atomic E-state index is 12.4. The summed E-state index contributed by atoms with van der Waals surface area (Å²) in [5.41, 5.74) is 0. The molecular weight excluding hydrogens is 312 g/mol. The van der Waals surface area contributed by atoms with Crippen LogP contribution in [-0.4, -0.2) is 36.2 Å². The van der Waals surface area contributed by atoms with Gasteiger partial charge < -0.3 is 14.2 Å². The minimum atomic E-state index is -0.669. The zero-order valence-corrected chi connectivity index (χ0v) is 15.5. The number of esters is 3. The van der Waals surface area contributed by atoms with Crippen LogP contribution in [0.3, 0.4) is 0 Å². The van der Waals surface area contributed by atoms with Gasteiger partial charge >= 0.3 is 17.9 Å². The number of rotatable bonds is 6. The lowest BCUT2D eigenvalue weighted by Gasteiger charge is -2.33. The molecule has 0 heterocycles. The van der Waals surface area contributed by atoms with Crippen molar-refractivity contribution in [3.63, 3.8) is 0 Å². The van der Waals surface area contributed by atoms with Crippen LogP contribution in [0.4, 0.5) is 0 Å². The fourth-order valence-corrected chi connectivity index (χ4v) is 2.90. The van der Waals surface area contributed by atoms with E-state index in [1.54, 1.807) is 41.5 Å². The first kappa shape index (κ1) is 20.5. The molecule has 24 heavy (non-hydrogen) atoms. The third kappa shape index (κ3) is 6.13. The quantitative estimate of drug-likeness (QED) is 0.545. The highest BCUT2D eigenvalue weighted by molar-refractivity contribution is 5.84. The first-order valence-electron chi connectivity index (χ1n) is 8.73. The van der Waals surface area contributed by atoms with Gasteiger partial charge in [-0.3, -0.25) is 14.4 Å².